The molecule has 0 bridgehead atoms. The fraction of sp³-hybridized carbons (Fsp3) is 0.318. The molecular weight excluding hydrogens is 356 g/mol. The zero-order valence-corrected chi connectivity index (χ0v) is 17.2. The van der Waals surface area contributed by atoms with Crippen molar-refractivity contribution in [1.82, 2.24) is 4.98 Å². The Morgan fingerprint density at radius 1 is 0.963 bits per heavy atom. The molecule has 0 saturated carbocycles. The van der Waals surface area contributed by atoms with Gasteiger partial charge in [0, 0.05) is 24.7 Å². The summed E-state index contributed by atoms with van der Waals surface area (Å²) in [7, 11) is -3.67. The SMILES string of the molecule is CCc1ccc2ncc(S(=O)(=O)c3ccc(C)cc3)c(N(CC)CC)c2c1. The summed E-state index contributed by atoms with van der Waals surface area (Å²) in [6, 6.07) is 13.1. The van der Waals surface area contributed by atoms with E-state index in [0.29, 0.717) is 4.90 Å². The van der Waals surface area contributed by atoms with Gasteiger partial charge in [-0.3, -0.25) is 4.98 Å². The Bertz CT molecular complexity index is 1050. The second-order valence-electron chi connectivity index (χ2n) is 6.66. The van der Waals surface area contributed by atoms with E-state index in [1.807, 2.05) is 39.0 Å². The summed E-state index contributed by atoms with van der Waals surface area (Å²) < 4.78 is 26.9. The van der Waals surface area contributed by atoms with Crippen molar-refractivity contribution in [2.75, 3.05) is 18.0 Å². The van der Waals surface area contributed by atoms with Gasteiger partial charge in [0.15, 0.2) is 0 Å². The summed E-state index contributed by atoms with van der Waals surface area (Å²) >= 11 is 0. The molecule has 0 aliphatic rings. The predicted octanol–water partition coefficient (Wildman–Crippen LogP) is 4.78. The van der Waals surface area contributed by atoms with E-state index in [4.69, 9.17) is 0 Å². The lowest BCUT2D eigenvalue weighted by molar-refractivity contribution is 0.595. The highest BCUT2D eigenvalue weighted by Crippen LogP contribution is 2.36. The molecule has 0 unspecified atom stereocenters. The van der Waals surface area contributed by atoms with Crippen LogP contribution in [0.4, 0.5) is 5.69 Å². The van der Waals surface area contributed by atoms with Crippen LogP contribution in [0.2, 0.25) is 0 Å². The average Bonchev–Trinajstić information content (AvgIpc) is 2.68. The molecular formula is C22H26N2O2S. The first kappa shape index (κ1) is 19.4. The Morgan fingerprint density at radius 3 is 2.22 bits per heavy atom. The molecule has 0 aliphatic carbocycles. The molecule has 0 amide bonds. The van der Waals surface area contributed by atoms with Gasteiger partial charge in [-0.15, -0.1) is 0 Å². The predicted molar refractivity (Wildman–Crippen MR) is 111 cm³/mol. The number of nitrogens with zero attached hydrogens (tertiary/aromatic N) is 2. The number of hydrogen-bond acceptors (Lipinski definition) is 4. The number of aryl methyl sites for hydroxylation is 2. The number of pyridine rings is 1. The first-order valence-electron chi connectivity index (χ1n) is 9.40. The molecule has 0 radical (unpaired) electrons. The first-order chi connectivity index (χ1) is 12.9. The molecule has 1 aromatic heterocycles. The van der Waals surface area contributed by atoms with E-state index >= 15 is 0 Å². The summed E-state index contributed by atoms with van der Waals surface area (Å²) in [5.74, 6) is 0. The third kappa shape index (κ3) is 3.56. The molecule has 27 heavy (non-hydrogen) atoms. The molecule has 0 saturated heterocycles. The van der Waals surface area contributed by atoms with Crippen LogP contribution >= 0.6 is 0 Å². The van der Waals surface area contributed by atoms with Gasteiger partial charge in [-0.2, -0.15) is 0 Å². The summed E-state index contributed by atoms with van der Waals surface area (Å²) in [6.45, 7) is 9.58. The molecule has 5 heteroatoms. The highest BCUT2D eigenvalue weighted by molar-refractivity contribution is 7.91. The van der Waals surface area contributed by atoms with Crippen LogP contribution in [0, 0.1) is 6.92 Å². The lowest BCUT2D eigenvalue weighted by atomic mass is 10.1. The number of anilines is 1. The molecule has 0 aliphatic heterocycles. The maximum absolute atomic E-state index is 13.4. The van der Waals surface area contributed by atoms with Crippen LogP contribution in [0.5, 0.6) is 0 Å². The average molecular weight is 383 g/mol. The minimum absolute atomic E-state index is 0.274. The van der Waals surface area contributed by atoms with E-state index < -0.39 is 9.84 Å². The van der Waals surface area contributed by atoms with Gasteiger partial charge >= 0.3 is 0 Å². The first-order valence-corrected chi connectivity index (χ1v) is 10.9. The Morgan fingerprint density at radius 2 is 1.63 bits per heavy atom. The van der Waals surface area contributed by atoms with Gasteiger partial charge < -0.3 is 4.90 Å². The number of rotatable bonds is 6. The van der Waals surface area contributed by atoms with Crippen molar-refractivity contribution in [3.05, 3.63) is 59.8 Å². The van der Waals surface area contributed by atoms with Crippen molar-refractivity contribution in [2.24, 2.45) is 0 Å². The minimum atomic E-state index is -3.67. The Balaban J connectivity index is 2.34. The van der Waals surface area contributed by atoms with Crippen LogP contribution in [-0.4, -0.2) is 26.5 Å². The molecule has 0 N–H and O–H groups in total. The standard InChI is InChI=1S/C22H26N2O2S/c1-5-17-10-13-20-19(14-17)22(24(6-2)7-3)21(15-23-20)27(25,26)18-11-8-16(4)9-12-18/h8-15H,5-7H2,1-4H3. The van der Waals surface area contributed by atoms with Gasteiger partial charge in [0.25, 0.3) is 0 Å². The Labute approximate surface area is 161 Å². The van der Waals surface area contributed by atoms with Crippen LogP contribution in [0.1, 0.15) is 31.9 Å². The van der Waals surface area contributed by atoms with Gasteiger partial charge in [-0.05, 0) is 57.0 Å². The molecule has 3 rings (SSSR count). The van der Waals surface area contributed by atoms with E-state index in [1.165, 1.54) is 11.8 Å². The molecule has 0 fully saturated rings. The lowest BCUT2D eigenvalue weighted by Gasteiger charge is -2.25. The summed E-state index contributed by atoms with van der Waals surface area (Å²) in [5, 5.41) is 0.895. The number of benzene rings is 2. The van der Waals surface area contributed by atoms with Crippen molar-refractivity contribution < 1.29 is 8.42 Å². The zero-order chi connectivity index (χ0) is 19.6. The largest absolute Gasteiger partial charge is 0.370 e. The fourth-order valence-electron chi connectivity index (χ4n) is 3.33. The molecule has 1 heterocycles. The normalized spacial score (nSPS) is 11.7. The number of aromatic nitrogens is 1. The Hall–Kier alpha value is -2.40. The smallest absolute Gasteiger partial charge is 0.210 e. The van der Waals surface area contributed by atoms with Crippen molar-refractivity contribution >= 4 is 26.4 Å². The molecule has 0 atom stereocenters. The van der Waals surface area contributed by atoms with Crippen molar-refractivity contribution in [3.63, 3.8) is 0 Å². The third-order valence-electron chi connectivity index (χ3n) is 4.98. The topological polar surface area (TPSA) is 50.3 Å². The van der Waals surface area contributed by atoms with E-state index in [9.17, 15) is 8.42 Å². The van der Waals surface area contributed by atoms with Gasteiger partial charge in [-0.25, -0.2) is 8.42 Å². The number of sulfone groups is 1. The Kier molecular flexibility index (Phi) is 5.51. The van der Waals surface area contributed by atoms with Crippen molar-refractivity contribution in [2.45, 2.75) is 43.9 Å². The summed E-state index contributed by atoms with van der Waals surface area (Å²) in [6.07, 6.45) is 2.40. The minimum Gasteiger partial charge on any atom is -0.370 e. The van der Waals surface area contributed by atoms with Gasteiger partial charge in [-0.1, -0.05) is 30.7 Å². The van der Waals surface area contributed by atoms with Crippen molar-refractivity contribution in [1.29, 1.82) is 0 Å². The van der Waals surface area contributed by atoms with Gasteiger partial charge in [0.05, 0.1) is 16.1 Å². The van der Waals surface area contributed by atoms with Crippen LogP contribution < -0.4 is 4.90 Å². The molecule has 142 valence electrons. The zero-order valence-electron chi connectivity index (χ0n) is 16.4. The highest BCUT2D eigenvalue weighted by atomic mass is 32.2. The summed E-state index contributed by atoms with van der Waals surface area (Å²) in [4.78, 5) is 7.15. The quantitative estimate of drug-likeness (QED) is 0.615. The van der Waals surface area contributed by atoms with E-state index in [-0.39, 0.29) is 4.90 Å². The maximum atomic E-state index is 13.4. The molecule has 0 spiro atoms. The molecule has 4 nitrogen and oxygen atoms in total. The van der Waals surface area contributed by atoms with Crippen LogP contribution in [0.15, 0.2) is 58.5 Å². The molecule has 2 aromatic carbocycles. The van der Waals surface area contributed by atoms with Crippen LogP contribution in [-0.2, 0) is 16.3 Å². The van der Waals surface area contributed by atoms with E-state index in [2.05, 4.69) is 28.9 Å². The van der Waals surface area contributed by atoms with Crippen LogP contribution in [0.25, 0.3) is 10.9 Å². The van der Waals surface area contributed by atoms with Crippen molar-refractivity contribution in [3.8, 4) is 0 Å². The molecule has 3 aromatic rings. The maximum Gasteiger partial charge on any atom is 0.210 e. The third-order valence-corrected chi connectivity index (χ3v) is 6.75. The second-order valence-corrected chi connectivity index (χ2v) is 8.58. The monoisotopic (exact) mass is 382 g/mol. The van der Waals surface area contributed by atoms with E-state index in [1.54, 1.807) is 12.1 Å². The van der Waals surface area contributed by atoms with Gasteiger partial charge in [0.2, 0.25) is 9.84 Å². The highest BCUT2D eigenvalue weighted by Gasteiger charge is 2.26. The lowest BCUT2D eigenvalue weighted by Crippen LogP contribution is -2.24. The second kappa shape index (κ2) is 7.69. The summed E-state index contributed by atoms with van der Waals surface area (Å²) in [5.41, 5.74) is 3.77. The van der Waals surface area contributed by atoms with Crippen LogP contribution in [0.3, 0.4) is 0 Å². The van der Waals surface area contributed by atoms with E-state index in [0.717, 1.165) is 41.7 Å². The fourth-order valence-corrected chi connectivity index (χ4v) is 4.77. The van der Waals surface area contributed by atoms with Gasteiger partial charge in [0.1, 0.15) is 4.90 Å². The number of hydrogen-bond donors (Lipinski definition) is 0. The number of fused-ring (bicyclic) bond motifs is 1.